The van der Waals surface area contributed by atoms with Crippen molar-refractivity contribution in [2.24, 2.45) is 11.1 Å². The van der Waals surface area contributed by atoms with E-state index in [4.69, 9.17) is 15.2 Å². The lowest BCUT2D eigenvalue weighted by Crippen LogP contribution is -2.42. The highest BCUT2D eigenvalue weighted by Crippen LogP contribution is 2.19. The molecule has 0 heterocycles. The SMILES string of the molecule is COCC(CNC(=O)CC(N)C(C)(C)C)OC. The van der Waals surface area contributed by atoms with E-state index in [1.54, 1.807) is 14.2 Å². The summed E-state index contributed by atoms with van der Waals surface area (Å²) < 4.78 is 10.1. The lowest BCUT2D eigenvalue weighted by molar-refractivity contribution is -0.122. The molecule has 0 bridgehead atoms. The second-order valence-electron chi connectivity index (χ2n) is 5.29. The van der Waals surface area contributed by atoms with Crippen LogP contribution in [0, 0.1) is 5.41 Å². The summed E-state index contributed by atoms with van der Waals surface area (Å²) in [5.41, 5.74) is 5.87. The second-order valence-corrected chi connectivity index (χ2v) is 5.29. The van der Waals surface area contributed by atoms with E-state index in [1.165, 1.54) is 0 Å². The molecule has 2 atom stereocenters. The highest BCUT2D eigenvalue weighted by atomic mass is 16.5. The van der Waals surface area contributed by atoms with Gasteiger partial charge in [0.1, 0.15) is 0 Å². The molecule has 5 nitrogen and oxygen atoms in total. The van der Waals surface area contributed by atoms with Crippen molar-refractivity contribution in [2.75, 3.05) is 27.4 Å². The molecule has 1 amide bonds. The first-order valence-corrected chi connectivity index (χ1v) is 5.85. The smallest absolute Gasteiger partial charge is 0.221 e. The molecule has 0 aromatic rings. The quantitative estimate of drug-likeness (QED) is 0.687. The van der Waals surface area contributed by atoms with Crippen LogP contribution in [-0.4, -0.2) is 45.4 Å². The molecule has 0 saturated carbocycles. The number of methoxy groups -OCH3 is 2. The maximum atomic E-state index is 11.6. The normalized spacial score (nSPS) is 15.4. The van der Waals surface area contributed by atoms with Crippen molar-refractivity contribution in [3.05, 3.63) is 0 Å². The Bertz CT molecular complexity index is 226. The van der Waals surface area contributed by atoms with Gasteiger partial charge in [0, 0.05) is 33.2 Å². The van der Waals surface area contributed by atoms with Gasteiger partial charge in [0.15, 0.2) is 0 Å². The van der Waals surface area contributed by atoms with Crippen LogP contribution < -0.4 is 11.1 Å². The van der Waals surface area contributed by atoms with Crippen LogP contribution in [0.1, 0.15) is 27.2 Å². The Morgan fingerprint density at radius 2 is 1.94 bits per heavy atom. The molecule has 0 fully saturated rings. The fourth-order valence-electron chi connectivity index (χ4n) is 1.20. The minimum absolute atomic E-state index is 0.0504. The summed E-state index contributed by atoms with van der Waals surface area (Å²) in [6.45, 7) is 6.97. The fraction of sp³-hybridized carbons (Fsp3) is 0.917. The van der Waals surface area contributed by atoms with E-state index in [-0.39, 0.29) is 23.5 Å². The van der Waals surface area contributed by atoms with Crippen molar-refractivity contribution in [3.8, 4) is 0 Å². The van der Waals surface area contributed by atoms with E-state index in [0.29, 0.717) is 19.6 Å². The zero-order valence-corrected chi connectivity index (χ0v) is 11.6. The van der Waals surface area contributed by atoms with Gasteiger partial charge < -0.3 is 20.5 Å². The zero-order chi connectivity index (χ0) is 13.5. The highest BCUT2D eigenvalue weighted by Gasteiger charge is 2.23. The molecule has 0 spiro atoms. The standard InChI is InChI=1S/C12H26N2O3/c1-12(2,3)10(13)6-11(15)14-7-9(17-5)8-16-4/h9-10H,6-8,13H2,1-5H3,(H,14,15). The van der Waals surface area contributed by atoms with Crippen molar-refractivity contribution in [2.45, 2.75) is 39.3 Å². The zero-order valence-electron chi connectivity index (χ0n) is 11.6. The predicted molar refractivity (Wildman–Crippen MR) is 67.7 cm³/mol. The van der Waals surface area contributed by atoms with Gasteiger partial charge in [-0.1, -0.05) is 20.8 Å². The minimum Gasteiger partial charge on any atom is -0.382 e. The summed E-state index contributed by atoms with van der Waals surface area (Å²) in [7, 11) is 3.19. The van der Waals surface area contributed by atoms with E-state index in [1.807, 2.05) is 20.8 Å². The van der Waals surface area contributed by atoms with Crippen LogP contribution in [0.5, 0.6) is 0 Å². The van der Waals surface area contributed by atoms with Gasteiger partial charge in [-0.2, -0.15) is 0 Å². The predicted octanol–water partition coefficient (Wildman–Crippen LogP) is 0.528. The van der Waals surface area contributed by atoms with Gasteiger partial charge in [0.25, 0.3) is 0 Å². The molecule has 0 aliphatic rings. The first kappa shape index (κ1) is 16.4. The van der Waals surface area contributed by atoms with E-state index in [0.717, 1.165) is 0 Å². The molecule has 0 aliphatic carbocycles. The summed E-state index contributed by atoms with van der Waals surface area (Å²) in [6.07, 6.45) is 0.210. The monoisotopic (exact) mass is 246 g/mol. The third-order valence-corrected chi connectivity index (χ3v) is 2.73. The molecular weight excluding hydrogens is 220 g/mol. The molecule has 0 aliphatic heterocycles. The van der Waals surface area contributed by atoms with Crippen LogP contribution in [0.2, 0.25) is 0 Å². The molecule has 17 heavy (non-hydrogen) atoms. The van der Waals surface area contributed by atoms with E-state index in [9.17, 15) is 4.79 Å². The van der Waals surface area contributed by atoms with E-state index < -0.39 is 0 Å². The third-order valence-electron chi connectivity index (χ3n) is 2.73. The van der Waals surface area contributed by atoms with Gasteiger partial charge >= 0.3 is 0 Å². The van der Waals surface area contributed by atoms with Crippen molar-refractivity contribution in [3.63, 3.8) is 0 Å². The average molecular weight is 246 g/mol. The highest BCUT2D eigenvalue weighted by molar-refractivity contribution is 5.76. The van der Waals surface area contributed by atoms with Gasteiger partial charge in [-0.25, -0.2) is 0 Å². The molecule has 3 N–H and O–H groups in total. The van der Waals surface area contributed by atoms with Crippen LogP contribution in [0.25, 0.3) is 0 Å². The van der Waals surface area contributed by atoms with Crippen LogP contribution in [0.3, 0.4) is 0 Å². The maximum Gasteiger partial charge on any atom is 0.221 e. The lowest BCUT2D eigenvalue weighted by atomic mass is 9.85. The van der Waals surface area contributed by atoms with Crippen molar-refractivity contribution < 1.29 is 14.3 Å². The largest absolute Gasteiger partial charge is 0.382 e. The number of nitrogens with one attached hydrogen (secondary N) is 1. The Morgan fingerprint density at radius 1 is 1.35 bits per heavy atom. The maximum absolute atomic E-state index is 11.6. The number of hydrogen-bond donors (Lipinski definition) is 2. The first-order chi connectivity index (χ1) is 7.81. The van der Waals surface area contributed by atoms with E-state index >= 15 is 0 Å². The molecule has 0 radical (unpaired) electrons. The van der Waals surface area contributed by atoms with Crippen LogP contribution in [0.4, 0.5) is 0 Å². The Kier molecular flexibility index (Phi) is 7.34. The molecular formula is C12H26N2O3. The Balaban J connectivity index is 3.94. The van der Waals surface area contributed by atoms with Crippen LogP contribution in [0.15, 0.2) is 0 Å². The number of carbonyl (C=O) groups is 1. The molecule has 5 heteroatoms. The lowest BCUT2D eigenvalue weighted by Gasteiger charge is -2.26. The van der Waals surface area contributed by atoms with Crippen molar-refractivity contribution >= 4 is 5.91 Å². The fourth-order valence-corrected chi connectivity index (χ4v) is 1.20. The number of rotatable bonds is 7. The number of amides is 1. The minimum atomic E-state index is -0.147. The van der Waals surface area contributed by atoms with E-state index in [2.05, 4.69) is 5.32 Å². The molecule has 0 aromatic heterocycles. The van der Waals surface area contributed by atoms with Crippen LogP contribution >= 0.6 is 0 Å². The second kappa shape index (κ2) is 7.63. The number of hydrogen-bond acceptors (Lipinski definition) is 4. The van der Waals surface area contributed by atoms with Crippen LogP contribution in [-0.2, 0) is 14.3 Å². The topological polar surface area (TPSA) is 73.6 Å². The number of ether oxygens (including phenoxy) is 2. The summed E-state index contributed by atoms with van der Waals surface area (Å²) in [4.78, 5) is 11.6. The number of nitrogens with two attached hydrogens (primary N) is 1. The molecule has 0 aromatic carbocycles. The summed E-state index contributed by atoms with van der Waals surface area (Å²) >= 11 is 0. The van der Waals surface area contributed by atoms with Gasteiger partial charge in [-0.3, -0.25) is 4.79 Å². The van der Waals surface area contributed by atoms with Crippen molar-refractivity contribution in [1.82, 2.24) is 5.32 Å². The molecule has 0 saturated heterocycles. The molecule has 0 rings (SSSR count). The van der Waals surface area contributed by atoms with Gasteiger partial charge in [-0.15, -0.1) is 0 Å². The van der Waals surface area contributed by atoms with Gasteiger partial charge in [0.05, 0.1) is 12.7 Å². The van der Waals surface area contributed by atoms with Crippen molar-refractivity contribution in [1.29, 1.82) is 0 Å². The third kappa shape index (κ3) is 7.31. The average Bonchev–Trinajstić information content (AvgIpc) is 2.22. The first-order valence-electron chi connectivity index (χ1n) is 5.85. The number of carbonyl (C=O) groups excluding carboxylic acids is 1. The Labute approximate surface area is 104 Å². The van der Waals surface area contributed by atoms with Gasteiger partial charge in [0.2, 0.25) is 5.91 Å². The Hall–Kier alpha value is -0.650. The summed E-state index contributed by atoms with van der Waals surface area (Å²) in [6, 6.07) is -0.147. The summed E-state index contributed by atoms with van der Waals surface area (Å²) in [5, 5.41) is 2.80. The molecule has 2 unspecified atom stereocenters. The Morgan fingerprint density at radius 3 is 2.35 bits per heavy atom. The van der Waals surface area contributed by atoms with Gasteiger partial charge in [-0.05, 0) is 5.41 Å². The molecule has 102 valence electrons. The summed E-state index contributed by atoms with van der Waals surface area (Å²) in [5.74, 6) is -0.0504.